The lowest BCUT2D eigenvalue weighted by Gasteiger charge is -2.36. The highest BCUT2D eigenvalue weighted by Crippen LogP contribution is 2.36. The molecule has 9 heteroatoms. The summed E-state index contributed by atoms with van der Waals surface area (Å²) < 4.78 is 5.23. The van der Waals surface area contributed by atoms with Crippen LogP contribution in [0.2, 0.25) is 0 Å². The Morgan fingerprint density at radius 2 is 2.31 bits per heavy atom. The number of hydrogen-bond donors (Lipinski definition) is 2. The highest BCUT2D eigenvalue weighted by Gasteiger charge is 2.36. The van der Waals surface area contributed by atoms with Crippen LogP contribution >= 0.6 is 11.8 Å². The third-order valence-corrected chi connectivity index (χ3v) is 5.16. The van der Waals surface area contributed by atoms with Crippen LogP contribution in [0.4, 0.5) is 0 Å². The van der Waals surface area contributed by atoms with E-state index in [4.69, 9.17) is 10.5 Å². The number of amidine groups is 1. The lowest BCUT2D eigenvalue weighted by atomic mass is 9.81. The molecule has 1 aromatic heterocycles. The van der Waals surface area contributed by atoms with E-state index in [1.807, 2.05) is 19.2 Å². The molecule has 0 spiro atoms. The Balaban J connectivity index is 1.70. The molecule has 1 unspecified atom stereocenters. The van der Waals surface area contributed by atoms with E-state index < -0.39 is 0 Å². The van der Waals surface area contributed by atoms with Gasteiger partial charge in [-0.25, -0.2) is 15.0 Å². The minimum Gasteiger partial charge on any atom is -0.477 e. The van der Waals surface area contributed by atoms with Crippen molar-refractivity contribution in [2.24, 2.45) is 21.6 Å². The zero-order valence-corrected chi connectivity index (χ0v) is 15.6. The molecule has 2 atom stereocenters. The summed E-state index contributed by atoms with van der Waals surface area (Å²) in [5, 5.41) is 3.40. The van der Waals surface area contributed by atoms with Gasteiger partial charge in [-0.2, -0.15) is 0 Å². The van der Waals surface area contributed by atoms with Crippen LogP contribution in [-0.4, -0.2) is 45.2 Å². The monoisotopic (exact) mass is 374 g/mol. The van der Waals surface area contributed by atoms with Crippen molar-refractivity contribution in [2.45, 2.75) is 32.2 Å². The molecule has 3 N–H and O–H groups in total. The van der Waals surface area contributed by atoms with Gasteiger partial charge >= 0.3 is 0 Å². The molecule has 0 saturated carbocycles. The van der Waals surface area contributed by atoms with Crippen molar-refractivity contribution >= 4 is 29.1 Å². The number of carbonyl (C=O) groups is 1. The lowest BCUT2D eigenvalue weighted by molar-refractivity contribution is 0.0959. The molecule has 8 nitrogen and oxygen atoms in total. The fourth-order valence-corrected chi connectivity index (χ4v) is 3.88. The van der Waals surface area contributed by atoms with Crippen molar-refractivity contribution in [3.05, 3.63) is 30.0 Å². The van der Waals surface area contributed by atoms with Gasteiger partial charge in [0.1, 0.15) is 11.5 Å². The number of nitrogens with zero attached hydrogens (tertiary/aromatic N) is 4. The zero-order valence-electron chi connectivity index (χ0n) is 14.8. The third kappa shape index (κ3) is 4.21. The molecule has 1 amide bonds. The fourth-order valence-electron chi connectivity index (χ4n) is 2.88. The second kappa shape index (κ2) is 7.86. The first-order valence-corrected chi connectivity index (χ1v) is 9.47. The van der Waals surface area contributed by atoms with Crippen LogP contribution in [0.3, 0.4) is 0 Å². The van der Waals surface area contributed by atoms with E-state index in [2.05, 4.69) is 32.2 Å². The molecular formula is C17H22N6O2S. The van der Waals surface area contributed by atoms with Gasteiger partial charge in [-0.05, 0) is 32.8 Å². The van der Waals surface area contributed by atoms with Crippen molar-refractivity contribution in [1.29, 1.82) is 0 Å². The molecule has 0 radical (unpaired) electrons. The van der Waals surface area contributed by atoms with Crippen molar-refractivity contribution in [2.75, 3.05) is 12.4 Å². The van der Waals surface area contributed by atoms with Crippen LogP contribution in [0, 0.1) is 5.92 Å². The minimum atomic E-state index is -0.364. The highest BCUT2D eigenvalue weighted by molar-refractivity contribution is 8.13. The molecule has 0 fully saturated rings. The van der Waals surface area contributed by atoms with Crippen molar-refractivity contribution in [3.8, 4) is 5.88 Å². The van der Waals surface area contributed by atoms with Gasteiger partial charge in [-0.1, -0.05) is 11.8 Å². The Bertz CT molecular complexity index is 761. The highest BCUT2D eigenvalue weighted by atomic mass is 32.2. The molecule has 0 aromatic carbocycles. The largest absolute Gasteiger partial charge is 0.477 e. The molecule has 1 aromatic rings. The summed E-state index contributed by atoms with van der Waals surface area (Å²) in [5.74, 6) is 1.59. The van der Waals surface area contributed by atoms with Gasteiger partial charge in [0, 0.05) is 17.9 Å². The topological polar surface area (TPSA) is 115 Å². The number of aliphatic imine (C=N–C) groups is 2. The Labute approximate surface area is 156 Å². The maximum absolute atomic E-state index is 12.4. The van der Waals surface area contributed by atoms with E-state index in [1.165, 1.54) is 12.4 Å². The van der Waals surface area contributed by atoms with Crippen LogP contribution < -0.4 is 15.8 Å². The van der Waals surface area contributed by atoms with Crippen LogP contribution in [0.25, 0.3) is 0 Å². The molecule has 26 heavy (non-hydrogen) atoms. The number of ether oxygens (including phenoxy) is 1. The normalized spacial score (nSPS) is 25.2. The molecule has 2 aliphatic rings. The maximum Gasteiger partial charge on any atom is 0.277 e. The molecule has 2 aliphatic heterocycles. The second-order valence-corrected chi connectivity index (χ2v) is 7.35. The average Bonchev–Trinajstić information content (AvgIpc) is 2.63. The van der Waals surface area contributed by atoms with Crippen molar-refractivity contribution in [1.82, 2.24) is 15.3 Å². The summed E-state index contributed by atoms with van der Waals surface area (Å²) in [7, 11) is 0. The van der Waals surface area contributed by atoms with Crippen LogP contribution in [0.15, 0.2) is 34.3 Å². The standard InChI is InChI=1S/C17H22N6O2S/c1-3-25-14-10-20-12(9-21-14)15(24)22-13-8-11(4-6-19-13)17(2)5-7-26-16(18)23-17/h6,8-11H,3-5,7H2,1-2H3,(H2,18,23)(H,22,24)/t11?,17-/m0/s1. The average molecular weight is 374 g/mol. The molecule has 138 valence electrons. The minimum absolute atomic E-state index is 0.126. The van der Waals surface area contributed by atoms with E-state index in [1.54, 1.807) is 11.8 Å². The zero-order chi connectivity index (χ0) is 18.6. The number of thioether (sulfide) groups is 1. The first-order chi connectivity index (χ1) is 12.5. The van der Waals surface area contributed by atoms with E-state index in [9.17, 15) is 4.79 Å². The number of nitrogens with two attached hydrogens (primary N) is 1. The summed E-state index contributed by atoms with van der Waals surface area (Å²) in [6.07, 6.45) is 8.27. The SMILES string of the molecule is CCOc1cnc(C(=O)NC2=CC([C@]3(C)CCSC(N)=N3)CC=N2)cn1. The number of amides is 1. The number of aromatic nitrogens is 2. The molecular weight excluding hydrogens is 352 g/mol. The summed E-state index contributed by atoms with van der Waals surface area (Å²) >= 11 is 1.58. The van der Waals surface area contributed by atoms with E-state index in [-0.39, 0.29) is 23.1 Å². The fraction of sp³-hybridized carbons (Fsp3) is 0.471. The van der Waals surface area contributed by atoms with Crippen molar-refractivity contribution < 1.29 is 9.53 Å². The Kier molecular flexibility index (Phi) is 5.55. The third-order valence-electron chi connectivity index (χ3n) is 4.37. The van der Waals surface area contributed by atoms with Gasteiger partial charge in [-0.3, -0.25) is 9.79 Å². The Hall–Kier alpha value is -2.42. The molecule has 3 rings (SSSR count). The summed E-state index contributed by atoms with van der Waals surface area (Å²) in [6.45, 7) is 4.44. The van der Waals surface area contributed by atoms with Crippen molar-refractivity contribution in [3.63, 3.8) is 0 Å². The predicted octanol–water partition coefficient (Wildman–Crippen LogP) is 1.75. The molecule has 0 saturated heterocycles. The summed E-state index contributed by atoms with van der Waals surface area (Å²) in [5.41, 5.74) is 5.83. The quantitative estimate of drug-likeness (QED) is 0.811. The summed E-state index contributed by atoms with van der Waals surface area (Å²) in [6, 6.07) is 0. The Morgan fingerprint density at radius 1 is 1.46 bits per heavy atom. The van der Waals surface area contributed by atoms with Gasteiger partial charge in [0.2, 0.25) is 5.88 Å². The van der Waals surface area contributed by atoms with E-state index in [0.717, 1.165) is 18.6 Å². The van der Waals surface area contributed by atoms with Crippen LogP contribution in [0.5, 0.6) is 5.88 Å². The molecule has 0 aliphatic carbocycles. The maximum atomic E-state index is 12.4. The number of rotatable bonds is 5. The van der Waals surface area contributed by atoms with Gasteiger partial charge in [0.25, 0.3) is 5.91 Å². The number of nitrogens with one attached hydrogen (secondary N) is 1. The summed E-state index contributed by atoms with van der Waals surface area (Å²) in [4.78, 5) is 29.4. The van der Waals surface area contributed by atoms with Crippen LogP contribution in [0.1, 0.15) is 37.2 Å². The molecule has 0 bridgehead atoms. The first-order valence-electron chi connectivity index (χ1n) is 8.49. The smallest absolute Gasteiger partial charge is 0.277 e. The second-order valence-electron chi connectivity index (χ2n) is 6.24. The first kappa shape index (κ1) is 18.4. The molecule has 3 heterocycles. The van der Waals surface area contributed by atoms with E-state index >= 15 is 0 Å². The lowest BCUT2D eigenvalue weighted by Crippen LogP contribution is -2.39. The van der Waals surface area contributed by atoms with Gasteiger partial charge in [-0.15, -0.1) is 0 Å². The predicted molar refractivity (Wildman–Crippen MR) is 102 cm³/mol. The van der Waals surface area contributed by atoms with Gasteiger partial charge < -0.3 is 15.8 Å². The van der Waals surface area contributed by atoms with Crippen LogP contribution in [-0.2, 0) is 0 Å². The van der Waals surface area contributed by atoms with E-state index in [0.29, 0.717) is 23.5 Å². The number of carbonyl (C=O) groups excluding carboxylic acids is 1. The van der Waals surface area contributed by atoms with Gasteiger partial charge in [0.15, 0.2) is 5.17 Å². The number of hydrogen-bond acceptors (Lipinski definition) is 8. The Morgan fingerprint density at radius 3 is 3.00 bits per heavy atom. The van der Waals surface area contributed by atoms with Gasteiger partial charge in [0.05, 0.1) is 24.5 Å².